The first-order valence-corrected chi connectivity index (χ1v) is 5.97. The highest BCUT2D eigenvalue weighted by molar-refractivity contribution is 9.10. The van der Waals surface area contributed by atoms with Gasteiger partial charge in [0, 0.05) is 22.8 Å². The molecule has 1 N–H and O–H groups in total. The van der Waals surface area contributed by atoms with Gasteiger partial charge in [-0.2, -0.15) is 5.10 Å². The van der Waals surface area contributed by atoms with Crippen LogP contribution in [0.25, 0.3) is 0 Å². The van der Waals surface area contributed by atoms with Crippen LogP contribution < -0.4 is 0 Å². The summed E-state index contributed by atoms with van der Waals surface area (Å²) in [6.07, 6.45) is 1.07. The van der Waals surface area contributed by atoms with Crippen LogP contribution in [0.15, 0.2) is 41.0 Å². The van der Waals surface area contributed by atoms with Gasteiger partial charge in [-0.05, 0) is 19.1 Å². The van der Waals surface area contributed by atoms with Crippen molar-refractivity contribution >= 4 is 15.9 Å². The highest BCUT2D eigenvalue weighted by atomic mass is 79.9. The number of hydrogen-bond donors (Lipinski definition) is 1. The first kappa shape index (κ1) is 11.4. The SMILES string of the molecule is CCn1nccc1C(O)c1ccccc1Br. The maximum Gasteiger partial charge on any atom is 0.122 e. The van der Waals surface area contributed by atoms with Crippen LogP contribution in [0.5, 0.6) is 0 Å². The van der Waals surface area contributed by atoms with E-state index < -0.39 is 6.10 Å². The van der Waals surface area contributed by atoms with E-state index in [4.69, 9.17) is 0 Å². The topological polar surface area (TPSA) is 38.0 Å². The third kappa shape index (κ3) is 2.03. The van der Waals surface area contributed by atoms with Crippen LogP contribution in [-0.2, 0) is 6.54 Å². The monoisotopic (exact) mass is 280 g/mol. The Morgan fingerprint density at radius 1 is 1.38 bits per heavy atom. The van der Waals surface area contributed by atoms with Crippen LogP contribution in [0.2, 0.25) is 0 Å². The van der Waals surface area contributed by atoms with Crippen LogP contribution in [-0.4, -0.2) is 14.9 Å². The number of nitrogens with zero attached hydrogens (tertiary/aromatic N) is 2. The van der Waals surface area contributed by atoms with E-state index in [0.717, 1.165) is 22.3 Å². The maximum atomic E-state index is 10.3. The second kappa shape index (κ2) is 4.80. The van der Waals surface area contributed by atoms with Crippen LogP contribution in [0.3, 0.4) is 0 Å². The molecule has 0 bridgehead atoms. The largest absolute Gasteiger partial charge is 0.382 e. The lowest BCUT2D eigenvalue weighted by atomic mass is 10.1. The molecule has 0 saturated heterocycles. The van der Waals surface area contributed by atoms with E-state index in [0.29, 0.717) is 0 Å². The molecule has 1 atom stereocenters. The molecule has 1 aromatic carbocycles. The molecule has 3 nitrogen and oxygen atoms in total. The number of aromatic nitrogens is 2. The third-order valence-electron chi connectivity index (χ3n) is 2.53. The molecule has 0 amide bonds. The van der Waals surface area contributed by atoms with Gasteiger partial charge in [-0.15, -0.1) is 0 Å². The molecule has 0 aliphatic rings. The summed E-state index contributed by atoms with van der Waals surface area (Å²) in [5.74, 6) is 0. The van der Waals surface area contributed by atoms with Gasteiger partial charge in [0.05, 0.1) is 5.69 Å². The lowest BCUT2D eigenvalue weighted by molar-refractivity contribution is 0.207. The molecule has 84 valence electrons. The Morgan fingerprint density at radius 3 is 2.81 bits per heavy atom. The number of hydrogen-bond acceptors (Lipinski definition) is 2. The second-order valence-electron chi connectivity index (χ2n) is 3.50. The minimum absolute atomic E-state index is 0.641. The lowest BCUT2D eigenvalue weighted by Gasteiger charge is -2.14. The number of aliphatic hydroxyl groups is 1. The Kier molecular flexibility index (Phi) is 3.41. The Hall–Kier alpha value is -1.13. The fourth-order valence-corrected chi connectivity index (χ4v) is 2.20. The molecule has 0 saturated carbocycles. The number of aliphatic hydroxyl groups excluding tert-OH is 1. The van der Waals surface area contributed by atoms with Gasteiger partial charge in [0.1, 0.15) is 6.10 Å². The molecule has 1 aromatic heterocycles. The van der Waals surface area contributed by atoms with Crippen molar-refractivity contribution in [3.63, 3.8) is 0 Å². The van der Waals surface area contributed by atoms with E-state index in [9.17, 15) is 5.11 Å². The number of halogens is 1. The molecule has 16 heavy (non-hydrogen) atoms. The van der Waals surface area contributed by atoms with E-state index in [1.807, 2.05) is 37.3 Å². The minimum Gasteiger partial charge on any atom is -0.382 e. The summed E-state index contributed by atoms with van der Waals surface area (Å²) in [5.41, 5.74) is 1.67. The Balaban J connectivity index is 2.39. The minimum atomic E-state index is -0.641. The van der Waals surface area contributed by atoms with E-state index in [2.05, 4.69) is 21.0 Å². The molecule has 4 heteroatoms. The van der Waals surface area contributed by atoms with Crippen molar-refractivity contribution in [1.29, 1.82) is 0 Å². The van der Waals surface area contributed by atoms with E-state index in [1.165, 1.54) is 0 Å². The van der Waals surface area contributed by atoms with Gasteiger partial charge in [-0.3, -0.25) is 4.68 Å². The molecule has 1 unspecified atom stereocenters. The predicted molar refractivity (Wildman–Crippen MR) is 66.1 cm³/mol. The fourth-order valence-electron chi connectivity index (χ4n) is 1.70. The quantitative estimate of drug-likeness (QED) is 0.939. The second-order valence-corrected chi connectivity index (χ2v) is 4.35. The molecule has 0 radical (unpaired) electrons. The summed E-state index contributed by atoms with van der Waals surface area (Å²) >= 11 is 3.44. The molecule has 0 aliphatic carbocycles. The van der Waals surface area contributed by atoms with Gasteiger partial charge in [0.15, 0.2) is 0 Å². The van der Waals surface area contributed by atoms with Crippen molar-refractivity contribution in [1.82, 2.24) is 9.78 Å². The fraction of sp³-hybridized carbons (Fsp3) is 0.250. The van der Waals surface area contributed by atoms with Crippen molar-refractivity contribution in [3.8, 4) is 0 Å². The summed E-state index contributed by atoms with van der Waals surface area (Å²) < 4.78 is 2.70. The lowest BCUT2D eigenvalue weighted by Crippen LogP contribution is -2.09. The molecule has 0 spiro atoms. The highest BCUT2D eigenvalue weighted by Gasteiger charge is 2.16. The van der Waals surface area contributed by atoms with E-state index in [-0.39, 0.29) is 0 Å². The first-order valence-electron chi connectivity index (χ1n) is 5.18. The number of benzene rings is 1. The Morgan fingerprint density at radius 2 is 2.12 bits per heavy atom. The Labute approximate surface area is 103 Å². The molecule has 2 aromatic rings. The van der Waals surface area contributed by atoms with E-state index in [1.54, 1.807) is 10.9 Å². The van der Waals surface area contributed by atoms with Gasteiger partial charge in [-0.1, -0.05) is 34.1 Å². The van der Waals surface area contributed by atoms with Gasteiger partial charge < -0.3 is 5.11 Å². The Bertz CT molecular complexity index is 481. The summed E-state index contributed by atoms with van der Waals surface area (Å²) in [7, 11) is 0. The first-order chi connectivity index (χ1) is 7.74. The highest BCUT2D eigenvalue weighted by Crippen LogP contribution is 2.27. The predicted octanol–water partition coefficient (Wildman–Crippen LogP) is 2.75. The molecular weight excluding hydrogens is 268 g/mol. The van der Waals surface area contributed by atoms with Crippen LogP contribution >= 0.6 is 15.9 Å². The maximum absolute atomic E-state index is 10.3. The van der Waals surface area contributed by atoms with Crippen molar-refractivity contribution < 1.29 is 5.11 Å². The standard InChI is InChI=1S/C12H13BrN2O/c1-2-15-11(7-8-14-15)12(16)9-5-3-4-6-10(9)13/h3-8,12,16H,2H2,1H3. The van der Waals surface area contributed by atoms with Gasteiger partial charge in [-0.25, -0.2) is 0 Å². The van der Waals surface area contributed by atoms with Crippen molar-refractivity contribution in [3.05, 3.63) is 52.3 Å². The normalized spacial score (nSPS) is 12.7. The average molecular weight is 281 g/mol. The van der Waals surface area contributed by atoms with Crippen molar-refractivity contribution in [2.24, 2.45) is 0 Å². The summed E-state index contributed by atoms with van der Waals surface area (Å²) in [6.45, 7) is 2.76. The van der Waals surface area contributed by atoms with Crippen molar-refractivity contribution in [2.45, 2.75) is 19.6 Å². The molecular formula is C12H13BrN2O. The van der Waals surface area contributed by atoms with E-state index >= 15 is 0 Å². The average Bonchev–Trinajstić information content (AvgIpc) is 2.77. The summed E-state index contributed by atoms with van der Waals surface area (Å²) in [6, 6.07) is 9.51. The van der Waals surface area contributed by atoms with Gasteiger partial charge >= 0.3 is 0 Å². The summed E-state index contributed by atoms with van der Waals surface area (Å²) in [4.78, 5) is 0. The smallest absolute Gasteiger partial charge is 0.122 e. The van der Waals surface area contributed by atoms with Gasteiger partial charge in [0.25, 0.3) is 0 Å². The van der Waals surface area contributed by atoms with Gasteiger partial charge in [0.2, 0.25) is 0 Å². The zero-order chi connectivity index (χ0) is 11.5. The molecule has 0 aliphatic heterocycles. The zero-order valence-corrected chi connectivity index (χ0v) is 10.6. The molecule has 2 rings (SSSR count). The van der Waals surface area contributed by atoms with Crippen LogP contribution in [0.4, 0.5) is 0 Å². The van der Waals surface area contributed by atoms with Crippen LogP contribution in [0, 0.1) is 0 Å². The third-order valence-corrected chi connectivity index (χ3v) is 3.25. The molecule has 0 fully saturated rings. The molecule has 1 heterocycles. The van der Waals surface area contributed by atoms with Crippen LogP contribution in [0.1, 0.15) is 24.3 Å². The zero-order valence-electron chi connectivity index (χ0n) is 8.97. The number of aryl methyl sites for hydroxylation is 1. The van der Waals surface area contributed by atoms with Crippen molar-refractivity contribution in [2.75, 3.05) is 0 Å². The summed E-state index contributed by atoms with van der Waals surface area (Å²) in [5, 5.41) is 14.4. The number of rotatable bonds is 3.